The van der Waals surface area contributed by atoms with Crippen molar-refractivity contribution < 1.29 is 22.7 Å². The summed E-state index contributed by atoms with van der Waals surface area (Å²) in [7, 11) is 0. The van der Waals surface area contributed by atoms with Crippen molar-refractivity contribution in [3.63, 3.8) is 0 Å². The Kier molecular flexibility index (Phi) is 9.64. The zero-order chi connectivity index (χ0) is 28.2. The average molecular weight is 626 g/mol. The number of alkyl halides is 3. The van der Waals surface area contributed by atoms with Crippen LogP contribution in [0.15, 0.2) is 46.0 Å². The van der Waals surface area contributed by atoms with Crippen molar-refractivity contribution in [2.75, 3.05) is 11.1 Å². The number of carbonyl (C=O) groups is 1. The number of thioether (sulfide) groups is 1. The maximum atomic E-state index is 13.0. The van der Waals surface area contributed by atoms with Gasteiger partial charge in [0.15, 0.2) is 11.0 Å². The van der Waals surface area contributed by atoms with E-state index in [0.29, 0.717) is 11.0 Å². The lowest BCUT2D eigenvalue weighted by Crippen LogP contribution is -2.19. The van der Waals surface area contributed by atoms with Gasteiger partial charge in [0, 0.05) is 16.2 Å². The van der Waals surface area contributed by atoms with Crippen LogP contribution in [0, 0.1) is 6.92 Å². The second kappa shape index (κ2) is 12.8. The van der Waals surface area contributed by atoms with Crippen molar-refractivity contribution in [2.24, 2.45) is 0 Å². The van der Waals surface area contributed by atoms with Crippen LogP contribution in [0.2, 0.25) is 0 Å². The van der Waals surface area contributed by atoms with E-state index in [1.54, 1.807) is 0 Å². The van der Waals surface area contributed by atoms with Crippen molar-refractivity contribution in [1.82, 2.24) is 14.8 Å². The summed E-state index contributed by atoms with van der Waals surface area (Å²) in [5, 5.41) is 12.0. The standard InChI is InChI=1S/C28H32BrF3N4O2S/c1-17(2)22-14-23(29)18(3)12-24(22)38-15-25-34-35-27(36(25)21-10-5-4-6-11-21)39-16-26(37)33-20-9-7-8-19(13-20)28(30,31)32/h7-9,12-14,17,21H,4-6,10-11,15-16H2,1-3H3,(H,33,37). The zero-order valence-electron chi connectivity index (χ0n) is 22.1. The Hall–Kier alpha value is -2.53. The topological polar surface area (TPSA) is 69.0 Å². The highest BCUT2D eigenvalue weighted by Crippen LogP contribution is 2.35. The van der Waals surface area contributed by atoms with Gasteiger partial charge in [-0.15, -0.1) is 10.2 Å². The molecule has 6 nitrogen and oxygen atoms in total. The van der Waals surface area contributed by atoms with Crippen molar-refractivity contribution in [2.45, 2.75) is 82.8 Å². The number of anilines is 1. The first-order chi connectivity index (χ1) is 18.5. The van der Waals surface area contributed by atoms with Crippen LogP contribution in [-0.4, -0.2) is 26.4 Å². The van der Waals surface area contributed by atoms with Crippen LogP contribution >= 0.6 is 27.7 Å². The molecule has 1 heterocycles. The van der Waals surface area contributed by atoms with Gasteiger partial charge in [-0.2, -0.15) is 13.2 Å². The van der Waals surface area contributed by atoms with Gasteiger partial charge in [-0.05, 0) is 67.1 Å². The minimum atomic E-state index is -4.48. The monoisotopic (exact) mass is 624 g/mol. The summed E-state index contributed by atoms with van der Waals surface area (Å²) in [5.74, 6) is 1.35. The third-order valence-corrected chi connectivity index (χ3v) is 8.55. The Balaban J connectivity index is 1.49. The first-order valence-corrected chi connectivity index (χ1v) is 14.8. The SMILES string of the molecule is Cc1cc(OCc2nnc(SCC(=O)Nc3cccc(C(F)(F)F)c3)n2C2CCCCC2)c(C(C)C)cc1Br. The highest BCUT2D eigenvalue weighted by atomic mass is 79.9. The highest BCUT2D eigenvalue weighted by molar-refractivity contribution is 9.10. The van der Waals surface area contributed by atoms with E-state index in [9.17, 15) is 18.0 Å². The number of nitrogens with zero attached hydrogens (tertiary/aromatic N) is 3. The predicted molar refractivity (Wildman–Crippen MR) is 150 cm³/mol. The molecule has 1 saturated carbocycles. The predicted octanol–water partition coefficient (Wildman–Crippen LogP) is 8.31. The average Bonchev–Trinajstić information content (AvgIpc) is 3.30. The van der Waals surface area contributed by atoms with Gasteiger partial charge in [0.05, 0.1) is 11.3 Å². The molecule has 0 bridgehead atoms. The number of rotatable bonds is 9. The molecular formula is C28H32BrF3N4O2S. The number of aryl methyl sites for hydroxylation is 1. The van der Waals surface area contributed by atoms with Crippen LogP contribution in [0.25, 0.3) is 0 Å². The largest absolute Gasteiger partial charge is 0.485 e. The maximum absolute atomic E-state index is 13.0. The second-order valence-electron chi connectivity index (χ2n) is 10.1. The Morgan fingerprint density at radius 3 is 2.62 bits per heavy atom. The Morgan fingerprint density at radius 1 is 1.18 bits per heavy atom. The van der Waals surface area contributed by atoms with Crippen molar-refractivity contribution in [3.8, 4) is 5.75 Å². The third kappa shape index (κ3) is 7.57. The number of nitrogens with one attached hydrogen (secondary N) is 1. The van der Waals surface area contributed by atoms with Crippen LogP contribution in [-0.2, 0) is 17.6 Å². The molecule has 4 rings (SSSR count). The minimum absolute atomic E-state index is 0.00857. The molecule has 1 amide bonds. The fourth-order valence-corrected chi connectivity index (χ4v) is 5.89. The number of hydrogen-bond acceptors (Lipinski definition) is 5. The Labute approximate surface area is 239 Å². The van der Waals surface area contributed by atoms with E-state index >= 15 is 0 Å². The first-order valence-electron chi connectivity index (χ1n) is 13.0. The first kappa shape index (κ1) is 29.5. The molecule has 1 aliphatic rings. The number of carbonyl (C=O) groups excluding carboxylic acids is 1. The summed E-state index contributed by atoms with van der Waals surface area (Å²) in [6.07, 6.45) is 0.893. The number of amides is 1. The summed E-state index contributed by atoms with van der Waals surface area (Å²) < 4.78 is 48.5. The summed E-state index contributed by atoms with van der Waals surface area (Å²) in [4.78, 5) is 12.6. The summed E-state index contributed by atoms with van der Waals surface area (Å²) in [6, 6.07) is 8.93. The number of ether oxygens (including phenoxy) is 1. The van der Waals surface area contributed by atoms with Crippen LogP contribution in [0.1, 0.15) is 80.4 Å². The summed E-state index contributed by atoms with van der Waals surface area (Å²) >= 11 is 4.83. The molecule has 0 saturated heterocycles. The van der Waals surface area contributed by atoms with Crippen LogP contribution < -0.4 is 10.1 Å². The molecule has 3 aromatic rings. The second-order valence-corrected chi connectivity index (χ2v) is 11.9. The molecule has 2 aromatic carbocycles. The van der Waals surface area contributed by atoms with Crippen LogP contribution in [0.4, 0.5) is 18.9 Å². The normalized spacial score (nSPS) is 14.6. The fourth-order valence-electron chi connectivity index (χ4n) is 4.70. The molecule has 210 valence electrons. The third-order valence-electron chi connectivity index (χ3n) is 6.75. The summed E-state index contributed by atoms with van der Waals surface area (Å²) in [6.45, 7) is 6.49. The van der Waals surface area contributed by atoms with Crippen molar-refractivity contribution in [1.29, 1.82) is 0 Å². The molecule has 0 aliphatic heterocycles. The molecule has 11 heteroatoms. The van der Waals surface area contributed by atoms with Crippen molar-refractivity contribution >= 4 is 39.3 Å². The molecule has 0 radical (unpaired) electrons. The Morgan fingerprint density at radius 2 is 1.92 bits per heavy atom. The van der Waals surface area contributed by atoms with E-state index in [-0.39, 0.29) is 30.0 Å². The number of benzene rings is 2. The maximum Gasteiger partial charge on any atom is 0.416 e. The molecule has 1 aliphatic carbocycles. The molecule has 39 heavy (non-hydrogen) atoms. The highest BCUT2D eigenvalue weighted by Gasteiger charge is 2.30. The van der Waals surface area contributed by atoms with E-state index in [0.717, 1.165) is 59.2 Å². The van der Waals surface area contributed by atoms with Gasteiger partial charge in [0.2, 0.25) is 5.91 Å². The molecule has 1 fully saturated rings. The smallest absolute Gasteiger partial charge is 0.416 e. The van der Waals surface area contributed by atoms with Gasteiger partial charge in [-0.3, -0.25) is 9.36 Å². The van der Waals surface area contributed by atoms with E-state index in [1.165, 1.54) is 30.3 Å². The van der Waals surface area contributed by atoms with Crippen molar-refractivity contribution in [3.05, 3.63) is 63.4 Å². The molecule has 1 aromatic heterocycles. The van der Waals surface area contributed by atoms with Gasteiger partial charge < -0.3 is 10.1 Å². The van der Waals surface area contributed by atoms with Gasteiger partial charge in [-0.25, -0.2) is 0 Å². The minimum Gasteiger partial charge on any atom is -0.485 e. The molecule has 0 unspecified atom stereocenters. The molecular weight excluding hydrogens is 593 g/mol. The van der Waals surface area contributed by atoms with Gasteiger partial charge >= 0.3 is 6.18 Å². The van der Waals surface area contributed by atoms with E-state index in [4.69, 9.17) is 4.74 Å². The number of hydrogen-bond donors (Lipinski definition) is 1. The fraction of sp³-hybridized carbons (Fsp3) is 0.464. The van der Waals surface area contributed by atoms with E-state index < -0.39 is 17.6 Å². The lowest BCUT2D eigenvalue weighted by atomic mass is 9.95. The molecule has 0 atom stereocenters. The lowest BCUT2D eigenvalue weighted by molar-refractivity contribution is -0.137. The molecule has 0 spiro atoms. The number of aromatic nitrogens is 3. The van der Waals surface area contributed by atoms with Crippen LogP contribution in [0.5, 0.6) is 5.75 Å². The molecule has 1 N–H and O–H groups in total. The summed E-state index contributed by atoms with van der Waals surface area (Å²) in [5.41, 5.74) is 1.46. The van der Waals surface area contributed by atoms with Gasteiger partial charge in [-0.1, -0.05) is 66.9 Å². The van der Waals surface area contributed by atoms with E-state index in [2.05, 4.69) is 55.9 Å². The Bertz CT molecular complexity index is 1310. The quantitative estimate of drug-likeness (QED) is 0.242. The van der Waals surface area contributed by atoms with Gasteiger partial charge in [0.1, 0.15) is 12.4 Å². The zero-order valence-corrected chi connectivity index (χ0v) is 24.5. The van der Waals surface area contributed by atoms with E-state index in [1.807, 2.05) is 13.0 Å². The number of halogens is 4. The van der Waals surface area contributed by atoms with Gasteiger partial charge in [0.25, 0.3) is 0 Å². The van der Waals surface area contributed by atoms with Crippen LogP contribution in [0.3, 0.4) is 0 Å². The lowest BCUT2D eigenvalue weighted by Gasteiger charge is -2.25.